The van der Waals surface area contributed by atoms with Gasteiger partial charge in [0.1, 0.15) is 5.82 Å². The molecule has 69 heavy (non-hydrogen) atoms. The van der Waals surface area contributed by atoms with Crippen LogP contribution in [0.1, 0.15) is 41.0 Å². The van der Waals surface area contributed by atoms with Crippen LogP contribution in [0.25, 0.3) is 32.7 Å². The molecule has 6 aromatic carbocycles. The van der Waals surface area contributed by atoms with Gasteiger partial charge in [-0.3, -0.25) is 14.7 Å². The molecule has 0 bridgehead atoms. The lowest BCUT2D eigenvalue weighted by molar-refractivity contribution is 0.205. The van der Waals surface area contributed by atoms with Crippen molar-refractivity contribution in [1.29, 1.82) is 0 Å². The molecule has 3 N–H and O–H groups in total. The van der Waals surface area contributed by atoms with Gasteiger partial charge in [-0.25, -0.2) is 4.39 Å². The van der Waals surface area contributed by atoms with Crippen molar-refractivity contribution in [2.45, 2.75) is 38.4 Å². The molecule has 0 atom stereocenters. The lowest BCUT2D eigenvalue weighted by Crippen LogP contribution is -2.46. The molecule has 0 saturated carbocycles. The molecule has 0 radical (unpaired) electrons. The molecule has 3 aliphatic heterocycles. The molecule has 0 spiro atoms. The number of anilines is 2. The Morgan fingerprint density at radius 3 is 1.38 bits per heavy atom. The van der Waals surface area contributed by atoms with E-state index < -0.39 is 0 Å². The normalized spacial score (nSPS) is 16.4. The summed E-state index contributed by atoms with van der Waals surface area (Å²) in [6.45, 7) is 13.6. The third-order valence-electron chi connectivity index (χ3n) is 14.1. The van der Waals surface area contributed by atoms with Crippen LogP contribution in [0.2, 0.25) is 10.0 Å². The van der Waals surface area contributed by atoms with E-state index in [1.54, 1.807) is 0 Å². The molecular formula is C58H61Cl2FN8. The fraction of sp³-hybridized carbons (Fsp3) is 0.276. The first-order chi connectivity index (χ1) is 33.8. The fourth-order valence-electron chi connectivity index (χ4n) is 10.2. The van der Waals surface area contributed by atoms with E-state index in [9.17, 15) is 4.39 Å². The summed E-state index contributed by atoms with van der Waals surface area (Å²) >= 11 is 12.3. The number of aromatic nitrogens is 3. The number of benzene rings is 6. The Balaban J connectivity index is 0.000000120. The van der Waals surface area contributed by atoms with E-state index in [4.69, 9.17) is 23.2 Å². The molecule has 9 aromatic rings. The van der Waals surface area contributed by atoms with E-state index in [0.29, 0.717) is 5.92 Å². The van der Waals surface area contributed by atoms with Crippen LogP contribution in [-0.4, -0.2) is 95.1 Å². The minimum Gasteiger partial charge on any atom is -0.369 e. The van der Waals surface area contributed by atoms with Crippen molar-refractivity contribution in [3.63, 3.8) is 0 Å². The Bertz CT molecular complexity index is 2890. The summed E-state index contributed by atoms with van der Waals surface area (Å²) in [5, 5.41) is 5.54. The van der Waals surface area contributed by atoms with Gasteiger partial charge in [0.05, 0.1) is 10.7 Å². The van der Waals surface area contributed by atoms with Crippen molar-refractivity contribution in [1.82, 2.24) is 29.7 Å². The minimum absolute atomic E-state index is 0.174. The Morgan fingerprint density at radius 2 is 0.899 bits per heavy atom. The van der Waals surface area contributed by atoms with Crippen LogP contribution in [0.3, 0.4) is 0 Å². The number of rotatable bonds is 9. The van der Waals surface area contributed by atoms with Crippen molar-refractivity contribution < 1.29 is 4.39 Å². The number of H-pyrrole nitrogens is 3. The number of aromatic amines is 3. The Labute approximate surface area is 415 Å². The average Bonchev–Trinajstić information content (AvgIpc) is 4.18. The first-order valence-corrected chi connectivity index (χ1v) is 25.2. The van der Waals surface area contributed by atoms with Crippen molar-refractivity contribution >= 4 is 67.3 Å². The molecule has 3 fully saturated rings. The number of halogens is 3. The highest BCUT2D eigenvalue weighted by Gasteiger charge is 2.22. The van der Waals surface area contributed by atoms with Crippen molar-refractivity contribution in [3.8, 4) is 0 Å². The highest BCUT2D eigenvalue weighted by Crippen LogP contribution is 2.31. The quantitative estimate of drug-likeness (QED) is 0.135. The number of piperazine rings is 2. The first-order valence-electron chi connectivity index (χ1n) is 24.5. The smallest absolute Gasteiger partial charge is 0.123 e. The van der Waals surface area contributed by atoms with E-state index in [1.807, 2.05) is 55.0 Å². The highest BCUT2D eigenvalue weighted by molar-refractivity contribution is 6.33. The molecule has 6 heterocycles. The molecule has 354 valence electrons. The van der Waals surface area contributed by atoms with E-state index in [0.717, 1.165) is 93.4 Å². The van der Waals surface area contributed by atoms with Gasteiger partial charge in [0, 0.05) is 118 Å². The van der Waals surface area contributed by atoms with Crippen LogP contribution >= 0.6 is 23.2 Å². The number of hydrogen-bond donors (Lipinski definition) is 3. The third kappa shape index (κ3) is 12.0. The van der Waals surface area contributed by atoms with Crippen LogP contribution in [0.15, 0.2) is 164 Å². The van der Waals surface area contributed by atoms with Gasteiger partial charge >= 0.3 is 0 Å². The zero-order chi connectivity index (χ0) is 46.9. The minimum atomic E-state index is -0.174. The summed E-state index contributed by atoms with van der Waals surface area (Å²) in [5.41, 5.74) is 11.4. The maximum absolute atomic E-state index is 13.0. The standard InChI is InChI=1S/C20H21ClN2.C19H20ClN3.C19H20FN3/c21-19-4-2-16(3-5-19)17-8-11-23(12-9-17)14-15-1-6-20-18(13-15)7-10-22-20;20-17-3-1-2-4-19(17)23-11-9-22(10-12-23)14-15-5-6-18-16(13-15)7-8-21-18;20-17-2-4-18(5-3-17)23-11-9-22(10-12-23)14-15-1-6-19-16(13-15)7-8-21-19/h1-7,10,13,17,22H,8-9,11-12,14H2;2*1-8,13,21H,9-12,14H2. The maximum atomic E-state index is 13.0. The Hall–Kier alpha value is -6.07. The van der Waals surface area contributed by atoms with Gasteiger partial charge in [-0.1, -0.05) is 65.7 Å². The molecule has 3 aliphatic rings. The van der Waals surface area contributed by atoms with Crippen molar-refractivity contribution in [3.05, 3.63) is 202 Å². The van der Waals surface area contributed by atoms with Crippen LogP contribution in [-0.2, 0) is 19.6 Å². The SMILES string of the molecule is Clc1ccc(C2CCN(Cc3ccc4[nH]ccc4c3)CC2)cc1.Clc1ccccc1N1CCN(Cc2ccc3[nH]ccc3c2)CC1.Fc1ccc(N2CCN(Cc3ccc4[nH]ccc4c3)CC2)cc1. The Kier molecular flexibility index (Phi) is 15.0. The maximum Gasteiger partial charge on any atom is 0.123 e. The summed E-state index contributed by atoms with van der Waals surface area (Å²) in [7, 11) is 0. The summed E-state index contributed by atoms with van der Waals surface area (Å²) in [4.78, 5) is 22.0. The predicted octanol–water partition coefficient (Wildman–Crippen LogP) is 13.0. The monoisotopic (exact) mass is 958 g/mol. The van der Waals surface area contributed by atoms with Crippen LogP contribution in [0, 0.1) is 5.82 Å². The highest BCUT2D eigenvalue weighted by atomic mass is 35.5. The van der Waals surface area contributed by atoms with E-state index in [2.05, 4.69) is 137 Å². The van der Waals surface area contributed by atoms with Gasteiger partial charge < -0.3 is 24.8 Å². The lowest BCUT2D eigenvalue weighted by Gasteiger charge is -2.36. The van der Waals surface area contributed by atoms with E-state index >= 15 is 0 Å². The number of nitrogens with zero attached hydrogens (tertiary/aromatic N) is 5. The van der Waals surface area contributed by atoms with Crippen LogP contribution in [0.5, 0.6) is 0 Å². The second kappa shape index (κ2) is 22.1. The molecule has 0 amide bonds. The second-order valence-corrected chi connectivity index (χ2v) is 19.6. The molecule has 3 saturated heterocycles. The number of piperidine rings is 1. The Morgan fingerprint density at radius 1 is 0.449 bits per heavy atom. The topological polar surface area (TPSA) is 63.6 Å². The predicted molar refractivity (Wildman–Crippen MR) is 286 cm³/mol. The van der Waals surface area contributed by atoms with Crippen molar-refractivity contribution in [2.75, 3.05) is 75.2 Å². The number of para-hydroxylation sites is 1. The summed E-state index contributed by atoms with van der Waals surface area (Å²) in [5.74, 6) is 0.503. The molecule has 12 rings (SSSR count). The summed E-state index contributed by atoms with van der Waals surface area (Å²) in [6, 6.07) is 49.7. The number of fused-ring (bicyclic) bond motifs is 3. The second-order valence-electron chi connectivity index (χ2n) is 18.8. The molecule has 3 aromatic heterocycles. The van der Waals surface area contributed by atoms with E-state index in [1.165, 1.54) is 93.0 Å². The molecule has 8 nitrogen and oxygen atoms in total. The largest absolute Gasteiger partial charge is 0.369 e. The molecular weight excluding hydrogens is 899 g/mol. The van der Waals surface area contributed by atoms with E-state index in [-0.39, 0.29) is 5.82 Å². The molecule has 0 aliphatic carbocycles. The van der Waals surface area contributed by atoms with Crippen molar-refractivity contribution in [2.24, 2.45) is 0 Å². The third-order valence-corrected chi connectivity index (χ3v) is 14.7. The zero-order valence-corrected chi connectivity index (χ0v) is 40.7. The zero-order valence-electron chi connectivity index (χ0n) is 39.1. The molecule has 0 unspecified atom stereocenters. The average molecular weight is 960 g/mol. The summed E-state index contributed by atoms with van der Waals surface area (Å²) in [6.07, 6.45) is 8.45. The summed E-state index contributed by atoms with van der Waals surface area (Å²) < 4.78 is 13.0. The number of likely N-dealkylation sites (tertiary alicyclic amines) is 1. The van der Waals surface area contributed by atoms with Gasteiger partial charge in [-0.2, -0.15) is 0 Å². The van der Waals surface area contributed by atoms with Gasteiger partial charge in [0.25, 0.3) is 0 Å². The molecule has 11 heteroatoms. The van der Waals surface area contributed by atoms with Crippen LogP contribution < -0.4 is 9.80 Å². The first kappa shape index (κ1) is 46.6. The van der Waals surface area contributed by atoms with Gasteiger partial charge in [-0.15, -0.1) is 0 Å². The lowest BCUT2D eigenvalue weighted by atomic mass is 9.89. The van der Waals surface area contributed by atoms with Gasteiger partial charge in [0.15, 0.2) is 0 Å². The van der Waals surface area contributed by atoms with Gasteiger partial charge in [0.2, 0.25) is 0 Å². The number of nitrogens with one attached hydrogen (secondary N) is 3. The fourth-order valence-corrected chi connectivity index (χ4v) is 10.6. The van der Waals surface area contributed by atoms with Gasteiger partial charge in [-0.05, 0) is 173 Å². The number of hydrogen-bond acceptors (Lipinski definition) is 5. The van der Waals surface area contributed by atoms with Crippen LogP contribution in [0.4, 0.5) is 15.8 Å².